The van der Waals surface area contributed by atoms with Crippen LogP contribution in [0.5, 0.6) is 0 Å². The van der Waals surface area contributed by atoms with Crippen molar-refractivity contribution in [3.05, 3.63) is 63.5 Å². The van der Waals surface area contributed by atoms with Crippen LogP contribution in [0.15, 0.2) is 42.9 Å². The molecule has 22 heavy (non-hydrogen) atoms. The zero-order valence-corrected chi connectivity index (χ0v) is 13.6. The maximum atomic E-state index is 11.7. The first-order valence-electron chi connectivity index (χ1n) is 6.30. The SMILES string of the molecule is O=C(CNc1cccc(Cl)c1)NC=Cc1c(Cl)cncc1Cl. The Labute approximate surface area is 143 Å². The molecule has 0 aliphatic carbocycles. The molecular formula is C15H12Cl3N3O. The number of nitrogens with zero attached hydrogens (tertiary/aromatic N) is 1. The van der Waals surface area contributed by atoms with Gasteiger partial charge >= 0.3 is 0 Å². The number of benzene rings is 1. The van der Waals surface area contributed by atoms with E-state index in [-0.39, 0.29) is 12.5 Å². The molecule has 4 nitrogen and oxygen atoms in total. The number of halogens is 3. The number of aromatic nitrogens is 1. The van der Waals surface area contributed by atoms with Crippen LogP contribution in [-0.4, -0.2) is 17.4 Å². The van der Waals surface area contributed by atoms with Crippen LogP contribution in [0.1, 0.15) is 5.56 Å². The van der Waals surface area contributed by atoms with Gasteiger partial charge in [0.25, 0.3) is 0 Å². The molecule has 2 rings (SSSR count). The smallest absolute Gasteiger partial charge is 0.243 e. The largest absolute Gasteiger partial charge is 0.376 e. The number of carbonyl (C=O) groups excluding carboxylic acids is 1. The van der Waals surface area contributed by atoms with Crippen molar-refractivity contribution in [2.75, 3.05) is 11.9 Å². The molecule has 7 heteroatoms. The van der Waals surface area contributed by atoms with E-state index in [1.54, 1.807) is 24.3 Å². The summed E-state index contributed by atoms with van der Waals surface area (Å²) in [6.07, 6.45) is 6.06. The lowest BCUT2D eigenvalue weighted by Crippen LogP contribution is -2.25. The molecule has 0 aliphatic heterocycles. The molecule has 0 bridgehead atoms. The number of amides is 1. The van der Waals surface area contributed by atoms with Gasteiger partial charge in [-0.3, -0.25) is 9.78 Å². The summed E-state index contributed by atoms with van der Waals surface area (Å²) in [4.78, 5) is 15.6. The van der Waals surface area contributed by atoms with Crippen LogP contribution in [0.25, 0.3) is 6.08 Å². The molecule has 0 fully saturated rings. The van der Waals surface area contributed by atoms with E-state index < -0.39 is 0 Å². The second kappa shape index (κ2) is 8.03. The van der Waals surface area contributed by atoms with Crippen molar-refractivity contribution < 1.29 is 4.79 Å². The third kappa shape index (κ3) is 4.91. The predicted octanol–water partition coefficient (Wildman–Crippen LogP) is 4.24. The van der Waals surface area contributed by atoms with E-state index in [1.165, 1.54) is 18.6 Å². The molecule has 1 heterocycles. The quantitative estimate of drug-likeness (QED) is 0.842. The van der Waals surface area contributed by atoms with E-state index in [0.29, 0.717) is 20.6 Å². The number of nitrogens with one attached hydrogen (secondary N) is 2. The third-order valence-corrected chi connectivity index (χ3v) is 3.50. The fourth-order valence-electron chi connectivity index (χ4n) is 1.63. The molecular weight excluding hydrogens is 345 g/mol. The summed E-state index contributed by atoms with van der Waals surface area (Å²) in [5, 5.41) is 7.01. The van der Waals surface area contributed by atoms with E-state index in [1.807, 2.05) is 6.07 Å². The lowest BCUT2D eigenvalue weighted by Gasteiger charge is -2.06. The Morgan fingerprint density at radius 2 is 1.91 bits per heavy atom. The van der Waals surface area contributed by atoms with Crippen molar-refractivity contribution in [1.29, 1.82) is 0 Å². The van der Waals surface area contributed by atoms with Crippen molar-refractivity contribution in [2.45, 2.75) is 0 Å². The molecule has 2 aromatic rings. The normalized spacial score (nSPS) is 10.7. The Morgan fingerprint density at radius 1 is 1.18 bits per heavy atom. The van der Waals surface area contributed by atoms with Crippen molar-refractivity contribution in [2.24, 2.45) is 0 Å². The standard InChI is InChI=1S/C15H12Cl3N3O/c16-10-2-1-3-11(6-10)21-9-15(22)20-5-4-12-13(17)7-19-8-14(12)18/h1-8,21H,9H2,(H,20,22). The van der Waals surface area contributed by atoms with Gasteiger partial charge in [0.2, 0.25) is 5.91 Å². The van der Waals surface area contributed by atoms with Gasteiger partial charge < -0.3 is 10.6 Å². The molecule has 0 saturated heterocycles. The second-order valence-electron chi connectivity index (χ2n) is 4.28. The van der Waals surface area contributed by atoms with Gasteiger partial charge in [-0.05, 0) is 24.3 Å². The van der Waals surface area contributed by atoms with Gasteiger partial charge in [-0.2, -0.15) is 0 Å². The van der Waals surface area contributed by atoms with Crippen LogP contribution in [0, 0.1) is 0 Å². The van der Waals surface area contributed by atoms with Crippen LogP contribution in [0.2, 0.25) is 15.1 Å². The fourth-order valence-corrected chi connectivity index (χ4v) is 2.31. The Hall–Kier alpha value is -1.75. The van der Waals surface area contributed by atoms with E-state index in [9.17, 15) is 4.79 Å². The summed E-state index contributed by atoms with van der Waals surface area (Å²) in [5.41, 5.74) is 1.37. The predicted molar refractivity (Wildman–Crippen MR) is 91.4 cm³/mol. The first-order chi connectivity index (χ1) is 10.6. The number of hydrogen-bond acceptors (Lipinski definition) is 3. The van der Waals surface area contributed by atoms with Gasteiger partial charge in [0, 0.05) is 34.9 Å². The first kappa shape index (κ1) is 16.6. The minimum Gasteiger partial charge on any atom is -0.376 e. The maximum absolute atomic E-state index is 11.7. The summed E-state index contributed by atoms with van der Waals surface area (Å²) < 4.78 is 0. The van der Waals surface area contributed by atoms with Crippen molar-refractivity contribution in [3.63, 3.8) is 0 Å². The highest BCUT2D eigenvalue weighted by atomic mass is 35.5. The van der Waals surface area contributed by atoms with Crippen LogP contribution < -0.4 is 10.6 Å². The number of hydrogen-bond donors (Lipinski definition) is 2. The summed E-state index contributed by atoms with van der Waals surface area (Å²) in [5.74, 6) is -0.211. The lowest BCUT2D eigenvalue weighted by molar-refractivity contribution is -0.118. The van der Waals surface area contributed by atoms with Gasteiger partial charge in [0.05, 0.1) is 16.6 Å². The molecule has 2 N–H and O–H groups in total. The van der Waals surface area contributed by atoms with Crippen LogP contribution in [0.4, 0.5) is 5.69 Å². The van der Waals surface area contributed by atoms with Gasteiger partial charge in [-0.1, -0.05) is 40.9 Å². The number of rotatable bonds is 5. The Kier molecular flexibility index (Phi) is 6.07. The van der Waals surface area contributed by atoms with Gasteiger partial charge in [0.15, 0.2) is 0 Å². The summed E-state index contributed by atoms with van der Waals surface area (Å²) >= 11 is 17.8. The van der Waals surface area contributed by atoms with Crippen molar-refractivity contribution >= 4 is 52.5 Å². The van der Waals surface area contributed by atoms with E-state index in [0.717, 1.165) is 5.69 Å². The second-order valence-corrected chi connectivity index (χ2v) is 5.53. The van der Waals surface area contributed by atoms with Crippen LogP contribution in [-0.2, 0) is 4.79 Å². The summed E-state index contributed by atoms with van der Waals surface area (Å²) in [6, 6.07) is 7.13. The van der Waals surface area contributed by atoms with E-state index in [2.05, 4.69) is 15.6 Å². The van der Waals surface area contributed by atoms with E-state index in [4.69, 9.17) is 34.8 Å². The molecule has 0 radical (unpaired) electrons. The average Bonchev–Trinajstić information content (AvgIpc) is 2.48. The zero-order valence-electron chi connectivity index (χ0n) is 11.3. The van der Waals surface area contributed by atoms with Crippen molar-refractivity contribution in [1.82, 2.24) is 10.3 Å². The monoisotopic (exact) mass is 355 g/mol. The topological polar surface area (TPSA) is 54.0 Å². The van der Waals surface area contributed by atoms with Gasteiger partial charge in [-0.15, -0.1) is 0 Å². The molecule has 114 valence electrons. The minimum atomic E-state index is -0.211. The Morgan fingerprint density at radius 3 is 2.59 bits per heavy atom. The van der Waals surface area contributed by atoms with Crippen LogP contribution >= 0.6 is 34.8 Å². The highest BCUT2D eigenvalue weighted by Crippen LogP contribution is 2.23. The van der Waals surface area contributed by atoms with Crippen LogP contribution in [0.3, 0.4) is 0 Å². The third-order valence-electron chi connectivity index (χ3n) is 2.66. The number of anilines is 1. The molecule has 1 aromatic carbocycles. The van der Waals surface area contributed by atoms with Crippen molar-refractivity contribution in [3.8, 4) is 0 Å². The molecule has 0 aliphatic rings. The summed E-state index contributed by atoms with van der Waals surface area (Å²) in [6.45, 7) is 0.114. The lowest BCUT2D eigenvalue weighted by atomic mass is 10.2. The molecule has 1 amide bonds. The molecule has 0 atom stereocenters. The number of pyridine rings is 1. The molecule has 0 spiro atoms. The zero-order chi connectivity index (χ0) is 15.9. The highest BCUT2D eigenvalue weighted by molar-refractivity contribution is 6.36. The molecule has 0 unspecified atom stereocenters. The average molecular weight is 357 g/mol. The number of carbonyl (C=O) groups is 1. The maximum Gasteiger partial charge on any atom is 0.243 e. The Bertz CT molecular complexity index is 684. The van der Waals surface area contributed by atoms with Gasteiger partial charge in [-0.25, -0.2) is 0 Å². The highest BCUT2D eigenvalue weighted by Gasteiger charge is 2.03. The van der Waals surface area contributed by atoms with E-state index >= 15 is 0 Å². The first-order valence-corrected chi connectivity index (χ1v) is 7.44. The molecule has 0 saturated carbocycles. The summed E-state index contributed by atoms with van der Waals surface area (Å²) in [7, 11) is 0. The minimum absolute atomic E-state index is 0.114. The fraction of sp³-hybridized carbons (Fsp3) is 0.0667. The van der Waals surface area contributed by atoms with Gasteiger partial charge in [0.1, 0.15) is 0 Å². The molecule has 1 aromatic heterocycles. The Balaban J connectivity index is 1.86.